The lowest BCUT2D eigenvalue weighted by atomic mass is 10.2. The molecule has 0 saturated heterocycles. The van der Waals surface area contributed by atoms with Gasteiger partial charge in [-0.25, -0.2) is 9.37 Å². The van der Waals surface area contributed by atoms with Crippen LogP contribution in [-0.4, -0.2) is 47.0 Å². The van der Waals surface area contributed by atoms with Crippen LogP contribution in [-0.2, 0) is 0 Å². The van der Waals surface area contributed by atoms with Gasteiger partial charge >= 0.3 is 0 Å². The highest BCUT2D eigenvalue weighted by molar-refractivity contribution is 6.30. The Morgan fingerprint density at radius 1 is 1.14 bits per heavy atom. The summed E-state index contributed by atoms with van der Waals surface area (Å²) in [6.45, 7) is 1.67. The van der Waals surface area contributed by atoms with E-state index in [9.17, 15) is 4.39 Å². The summed E-state index contributed by atoms with van der Waals surface area (Å²) < 4.78 is 14.1. The fourth-order valence-corrected chi connectivity index (χ4v) is 2.75. The average molecular weight is 401 g/mol. The number of hydrogen-bond acceptors (Lipinski definition) is 6. The molecule has 2 heterocycles. The van der Waals surface area contributed by atoms with Crippen molar-refractivity contribution < 1.29 is 4.39 Å². The van der Waals surface area contributed by atoms with Gasteiger partial charge in [0.2, 0.25) is 5.95 Å². The molecule has 0 spiro atoms. The molecule has 1 aromatic carbocycles. The predicted octanol–water partition coefficient (Wildman–Crippen LogP) is 4.44. The summed E-state index contributed by atoms with van der Waals surface area (Å²) in [4.78, 5) is 15.3. The number of nitrogens with one attached hydrogen (secondary N) is 2. The molecule has 0 aliphatic carbocycles. The molecule has 0 amide bonds. The SMILES string of the molecule is CN(C)CCCNc1nc(Nc2cc(Cl)ccc2F)cc(-c2cccnc2)n1. The zero-order chi connectivity index (χ0) is 19.9. The molecule has 0 fully saturated rings. The van der Waals surface area contributed by atoms with Gasteiger partial charge in [0.15, 0.2) is 0 Å². The van der Waals surface area contributed by atoms with Gasteiger partial charge in [0.1, 0.15) is 11.6 Å². The van der Waals surface area contributed by atoms with E-state index in [1.54, 1.807) is 18.5 Å². The van der Waals surface area contributed by atoms with Crippen LogP contribution < -0.4 is 10.6 Å². The highest BCUT2D eigenvalue weighted by Gasteiger charge is 2.10. The van der Waals surface area contributed by atoms with E-state index in [0.717, 1.165) is 25.1 Å². The number of anilines is 3. The number of rotatable bonds is 8. The van der Waals surface area contributed by atoms with Crippen molar-refractivity contribution in [1.82, 2.24) is 19.9 Å². The molecular formula is C20H22ClFN6. The van der Waals surface area contributed by atoms with Crippen LogP contribution in [0.25, 0.3) is 11.3 Å². The van der Waals surface area contributed by atoms with Crippen LogP contribution in [0.15, 0.2) is 48.8 Å². The first-order valence-corrected chi connectivity index (χ1v) is 9.29. The van der Waals surface area contributed by atoms with Crippen LogP contribution in [0.4, 0.5) is 21.8 Å². The maximum absolute atomic E-state index is 14.1. The van der Waals surface area contributed by atoms with E-state index in [-0.39, 0.29) is 5.69 Å². The third-order valence-electron chi connectivity index (χ3n) is 3.94. The summed E-state index contributed by atoms with van der Waals surface area (Å²) in [5, 5.41) is 6.66. The number of aromatic nitrogens is 3. The fraction of sp³-hybridized carbons (Fsp3) is 0.250. The van der Waals surface area contributed by atoms with Crippen LogP contribution >= 0.6 is 11.6 Å². The van der Waals surface area contributed by atoms with Gasteiger partial charge in [-0.3, -0.25) is 4.98 Å². The zero-order valence-electron chi connectivity index (χ0n) is 15.8. The summed E-state index contributed by atoms with van der Waals surface area (Å²) in [5.41, 5.74) is 1.78. The summed E-state index contributed by atoms with van der Waals surface area (Å²) in [7, 11) is 4.06. The Kier molecular flexibility index (Phi) is 6.73. The largest absolute Gasteiger partial charge is 0.354 e. The molecule has 0 bridgehead atoms. The van der Waals surface area contributed by atoms with Crippen LogP contribution in [0.5, 0.6) is 0 Å². The smallest absolute Gasteiger partial charge is 0.225 e. The fourth-order valence-electron chi connectivity index (χ4n) is 2.58. The van der Waals surface area contributed by atoms with Crippen molar-refractivity contribution in [3.8, 4) is 11.3 Å². The van der Waals surface area contributed by atoms with Crippen LogP contribution in [0.3, 0.4) is 0 Å². The Balaban J connectivity index is 1.87. The molecule has 6 nitrogen and oxygen atoms in total. The van der Waals surface area contributed by atoms with E-state index in [1.165, 1.54) is 18.2 Å². The molecule has 28 heavy (non-hydrogen) atoms. The standard InChI is InChI=1S/C20H22ClFN6/c1-28(2)10-4-9-24-20-26-17(14-5-3-8-23-13-14)12-19(27-20)25-18-11-15(21)6-7-16(18)22/h3,5-8,11-13H,4,9-10H2,1-2H3,(H2,24,25,26,27). The Bertz CT molecular complexity index is 920. The number of hydrogen-bond donors (Lipinski definition) is 2. The molecule has 8 heteroatoms. The van der Waals surface area contributed by atoms with E-state index >= 15 is 0 Å². The Morgan fingerprint density at radius 3 is 2.75 bits per heavy atom. The van der Waals surface area contributed by atoms with Crippen molar-refractivity contribution in [2.24, 2.45) is 0 Å². The maximum Gasteiger partial charge on any atom is 0.225 e. The second kappa shape index (κ2) is 9.43. The highest BCUT2D eigenvalue weighted by atomic mass is 35.5. The quantitative estimate of drug-likeness (QED) is 0.545. The first-order chi connectivity index (χ1) is 13.5. The van der Waals surface area contributed by atoms with Crippen molar-refractivity contribution in [2.75, 3.05) is 37.8 Å². The Morgan fingerprint density at radius 2 is 2.00 bits per heavy atom. The molecule has 0 aliphatic rings. The monoisotopic (exact) mass is 400 g/mol. The maximum atomic E-state index is 14.1. The molecule has 0 atom stereocenters. The van der Waals surface area contributed by atoms with Crippen LogP contribution in [0.1, 0.15) is 6.42 Å². The number of halogens is 2. The summed E-state index contributed by atoms with van der Waals surface area (Å²) >= 11 is 5.99. The molecule has 0 radical (unpaired) electrons. The van der Waals surface area contributed by atoms with E-state index in [4.69, 9.17) is 11.6 Å². The first-order valence-electron chi connectivity index (χ1n) is 8.91. The third-order valence-corrected chi connectivity index (χ3v) is 4.17. The number of benzene rings is 1. The van der Waals surface area contributed by atoms with Gasteiger partial charge in [-0.15, -0.1) is 0 Å². The molecule has 3 aromatic rings. The minimum atomic E-state index is -0.411. The second-order valence-corrected chi connectivity index (χ2v) is 6.97. The normalized spacial score (nSPS) is 10.9. The summed E-state index contributed by atoms with van der Waals surface area (Å²) in [6.07, 6.45) is 4.37. The minimum absolute atomic E-state index is 0.252. The Hall–Kier alpha value is -2.77. The summed E-state index contributed by atoms with van der Waals surface area (Å²) in [6, 6.07) is 9.84. The van der Waals surface area contributed by atoms with E-state index in [2.05, 4.69) is 30.5 Å². The molecule has 0 unspecified atom stereocenters. The third kappa shape index (κ3) is 5.61. The molecule has 0 aliphatic heterocycles. The van der Waals surface area contributed by atoms with Crippen molar-refractivity contribution in [3.63, 3.8) is 0 Å². The van der Waals surface area contributed by atoms with Gasteiger partial charge in [0, 0.05) is 35.6 Å². The van der Waals surface area contributed by atoms with Gasteiger partial charge in [-0.2, -0.15) is 4.98 Å². The number of nitrogens with zero attached hydrogens (tertiary/aromatic N) is 4. The van der Waals surface area contributed by atoms with E-state index < -0.39 is 5.82 Å². The first kappa shape index (κ1) is 20.0. The van der Waals surface area contributed by atoms with Crippen molar-refractivity contribution >= 4 is 29.1 Å². The lowest BCUT2D eigenvalue weighted by molar-refractivity contribution is 0.405. The van der Waals surface area contributed by atoms with E-state index in [0.29, 0.717) is 22.5 Å². The van der Waals surface area contributed by atoms with Gasteiger partial charge in [0.05, 0.1) is 11.4 Å². The van der Waals surface area contributed by atoms with Gasteiger partial charge < -0.3 is 15.5 Å². The molecule has 146 valence electrons. The average Bonchev–Trinajstić information content (AvgIpc) is 2.68. The minimum Gasteiger partial charge on any atom is -0.354 e. The van der Waals surface area contributed by atoms with Crippen molar-refractivity contribution in [1.29, 1.82) is 0 Å². The second-order valence-electron chi connectivity index (χ2n) is 6.54. The molecule has 2 aromatic heterocycles. The number of pyridine rings is 1. The van der Waals surface area contributed by atoms with Crippen LogP contribution in [0, 0.1) is 5.82 Å². The van der Waals surface area contributed by atoms with Gasteiger partial charge in [-0.05, 0) is 57.4 Å². The lowest BCUT2D eigenvalue weighted by Crippen LogP contribution is -2.17. The summed E-state index contributed by atoms with van der Waals surface area (Å²) in [5.74, 6) is 0.515. The van der Waals surface area contributed by atoms with Crippen molar-refractivity contribution in [3.05, 3.63) is 59.6 Å². The van der Waals surface area contributed by atoms with Gasteiger partial charge in [0.25, 0.3) is 0 Å². The predicted molar refractivity (Wildman–Crippen MR) is 112 cm³/mol. The topological polar surface area (TPSA) is 66.0 Å². The lowest BCUT2D eigenvalue weighted by Gasteiger charge is -2.13. The zero-order valence-corrected chi connectivity index (χ0v) is 16.5. The molecule has 2 N–H and O–H groups in total. The van der Waals surface area contributed by atoms with Crippen molar-refractivity contribution in [2.45, 2.75) is 6.42 Å². The van der Waals surface area contributed by atoms with Crippen LogP contribution in [0.2, 0.25) is 5.02 Å². The van der Waals surface area contributed by atoms with Gasteiger partial charge in [-0.1, -0.05) is 11.6 Å². The molecule has 0 saturated carbocycles. The molecular weight excluding hydrogens is 379 g/mol. The Labute approximate surface area is 168 Å². The van der Waals surface area contributed by atoms with E-state index in [1.807, 2.05) is 26.2 Å². The highest BCUT2D eigenvalue weighted by Crippen LogP contribution is 2.26. The molecule has 3 rings (SSSR count).